The van der Waals surface area contributed by atoms with Crippen molar-refractivity contribution in [2.24, 2.45) is 17.2 Å². The average Bonchev–Trinajstić information content (AvgIpc) is 2.35. The fourth-order valence-electron chi connectivity index (χ4n) is 1.39. The Morgan fingerprint density at radius 3 is 1.94 bits per heavy atom. The molecule has 1 aromatic rings. The van der Waals surface area contributed by atoms with Gasteiger partial charge in [0.2, 0.25) is 0 Å². The molecule has 0 atom stereocenters. The van der Waals surface area contributed by atoms with Crippen molar-refractivity contribution in [3.8, 4) is 17.6 Å². The monoisotopic (exact) mass is 234 g/mol. The van der Waals surface area contributed by atoms with E-state index in [0.29, 0.717) is 21.9 Å². The molecule has 0 saturated carbocycles. The van der Waals surface area contributed by atoms with Crippen LogP contribution in [0, 0.1) is 11.3 Å². The molecule has 6 heteroatoms. The summed E-state index contributed by atoms with van der Waals surface area (Å²) in [7, 11) is 2.94. The summed E-state index contributed by atoms with van der Waals surface area (Å²) in [5.74, 6) is 0.939. The van der Waals surface area contributed by atoms with E-state index in [9.17, 15) is 0 Å². The van der Waals surface area contributed by atoms with Crippen LogP contribution in [0.25, 0.3) is 11.5 Å². The van der Waals surface area contributed by atoms with Crippen molar-refractivity contribution in [2.75, 3.05) is 14.2 Å². The van der Waals surface area contributed by atoms with Crippen molar-refractivity contribution < 1.29 is 9.47 Å². The fraction of sp³-hybridized carbons (Fsp3) is 0.182. The topological polar surface area (TPSA) is 120 Å². The lowest BCUT2D eigenvalue weighted by Crippen LogP contribution is -2.25. The van der Waals surface area contributed by atoms with Gasteiger partial charge in [0.05, 0.1) is 24.7 Å². The van der Waals surface area contributed by atoms with Gasteiger partial charge in [0.15, 0.2) is 0 Å². The van der Waals surface area contributed by atoms with E-state index < -0.39 is 0 Å². The number of hydrogen-bond acceptors (Lipinski definition) is 6. The van der Waals surface area contributed by atoms with Gasteiger partial charge in [0, 0.05) is 0 Å². The highest BCUT2D eigenvalue weighted by atomic mass is 16.5. The van der Waals surface area contributed by atoms with Crippen LogP contribution in [0.2, 0.25) is 0 Å². The summed E-state index contributed by atoms with van der Waals surface area (Å²) in [6, 6.07) is 4.98. The van der Waals surface area contributed by atoms with Crippen molar-refractivity contribution in [1.82, 2.24) is 0 Å². The lowest BCUT2D eigenvalue weighted by Gasteiger charge is -2.07. The van der Waals surface area contributed by atoms with Gasteiger partial charge >= 0.3 is 0 Å². The molecule has 6 N–H and O–H groups in total. The van der Waals surface area contributed by atoms with Crippen LogP contribution < -0.4 is 37.1 Å². The maximum atomic E-state index is 8.79. The summed E-state index contributed by atoms with van der Waals surface area (Å²) in [6.45, 7) is 0. The Balaban J connectivity index is 3.83. The van der Waals surface area contributed by atoms with Crippen LogP contribution in [0.4, 0.5) is 0 Å². The maximum Gasteiger partial charge on any atom is 0.130 e. The smallest absolute Gasteiger partial charge is 0.130 e. The summed E-state index contributed by atoms with van der Waals surface area (Å²) in [4.78, 5) is 0. The van der Waals surface area contributed by atoms with Crippen molar-refractivity contribution in [2.45, 2.75) is 0 Å². The van der Waals surface area contributed by atoms with E-state index in [1.165, 1.54) is 14.2 Å². The van der Waals surface area contributed by atoms with Crippen molar-refractivity contribution in [1.29, 1.82) is 5.26 Å². The molecule has 0 aliphatic rings. The SMILES string of the molecule is COc1cc(=C(N)C#N)c(OC)cc1=C(N)N. The lowest BCUT2D eigenvalue weighted by molar-refractivity contribution is 0.397. The Morgan fingerprint density at radius 1 is 1.06 bits per heavy atom. The van der Waals surface area contributed by atoms with Gasteiger partial charge in [-0.3, -0.25) is 0 Å². The van der Waals surface area contributed by atoms with Crippen molar-refractivity contribution in [3.05, 3.63) is 22.6 Å². The molecule has 0 unspecified atom stereocenters. The van der Waals surface area contributed by atoms with Gasteiger partial charge in [-0.1, -0.05) is 0 Å². The first-order chi connectivity index (χ1) is 8.04. The highest BCUT2D eigenvalue weighted by molar-refractivity contribution is 5.60. The number of methoxy groups -OCH3 is 2. The van der Waals surface area contributed by atoms with E-state index >= 15 is 0 Å². The predicted octanol–water partition coefficient (Wildman–Crippen LogP) is -1.72. The summed E-state index contributed by atoms with van der Waals surface area (Å²) < 4.78 is 10.3. The van der Waals surface area contributed by atoms with E-state index in [1.807, 2.05) is 6.07 Å². The average molecular weight is 234 g/mol. The van der Waals surface area contributed by atoms with Gasteiger partial charge in [-0.2, -0.15) is 5.26 Å². The molecule has 1 rings (SSSR count). The Labute approximate surface area is 98.5 Å². The molecule has 0 bridgehead atoms. The van der Waals surface area contributed by atoms with Gasteiger partial charge in [0.1, 0.15) is 29.1 Å². The molecule has 90 valence electrons. The van der Waals surface area contributed by atoms with Crippen molar-refractivity contribution >= 4 is 11.5 Å². The number of benzene rings is 1. The van der Waals surface area contributed by atoms with Gasteiger partial charge in [-0.25, -0.2) is 0 Å². The number of ether oxygens (including phenoxy) is 2. The van der Waals surface area contributed by atoms with Crippen LogP contribution >= 0.6 is 0 Å². The molecule has 0 heterocycles. The van der Waals surface area contributed by atoms with Crippen LogP contribution in [0.3, 0.4) is 0 Å². The number of nitrogens with two attached hydrogens (primary N) is 3. The molecule has 0 radical (unpaired) electrons. The second-order valence-electron chi connectivity index (χ2n) is 3.23. The number of nitrogens with zero attached hydrogens (tertiary/aromatic N) is 1. The molecule has 17 heavy (non-hydrogen) atoms. The Bertz CT molecular complexity index is 583. The zero-order chi connectivity index (χ0) is 13.0. The normalized spacial score (nSPS) is 11.4. The minimum Gasteiger partial charge on any atom is -0.496 e. The first kappa shape index (κ1) is 12.5. The first-order valence-electron chi connectivity index (χ1n) is 4.72. The largest absolute Gasteiger partial charge is 0.496 e. The summed E-state index contributed by atoms with van der Waals surface area (Å²) in [6.07, 6.45) is 0. The van der Waals surface area contributed by atoms with E-state index in [-0.39, 0.29) is 11.5 Å². The van der Waals surface area contributed by atoms with Gasteiger partial charge in [-0.05, 0) is 12.1 Å². The summed E-state index contributed by atoms with van der Waals surface area (Å²) >= 11 is 0. The molecule has 0 aromatic heterocycles. The van der Waals surface area contributed by atoms with Crippen LogP contribution in [0.5, 0.6) is 11.5 Å². The highest BCUT2D eigenvalue weighted by Gasteiger charge is 2.06. The zero-order valence-corrected chi connectivity index (χ0v) is 9.65. The molecule has 0 amide bonds. The minimum atomic E-state index is 0.0299. The number of hydrogen-bond donors (Lipinski definition) is 3. The van der Waals surface area contributed by atoms with Gasteiger partial charge in [0.25, 0.3) is 0 Å². The minimum absolute atomic E-state index is 0.0299. The van der Waals surface area contributed by atoms with E-state index in [1.54, 1.807) is 12.1 Å². The Morgan fingerprint density at radius 2 is 1.53 bits per heavy atom. The van der Waals surface area contributed by atoms with Crippen LogP contribution in [0.1, 0.15) is 0 Å². The summed E-state index contributed by atoms with van der Waals surface area (Å²) in [5.41, 5.74) is 16.7. The number of nitriles is 1. The third-order valence-corrected chi connectivity index (χ3v) is 2.24. The third-order valence-electron chi connectivity index (χ3n) is 2.24. The zero-order valence-electron chi connectivity index (χ0n) is 9.65. The molecular weight excluding hydrogens is 220 g/mol. The fourth-order valence-corrected chi connectivity index (χ4v) is 1.39. The highest BCUT2D eigenvalue weighted by Crippen LogP contribution is 2.06. The standard InChI is InChI=1S/C11H14N4O2/c1-16-9-4-7(11(14)15)10(17-2)3-6(9)8(13)5-12/h3-4H,13-15H2,1-2H3. The van der Waals surface area contributed by atoms with Crippen molar-refractivity contribution in [3.63, 3.8) is 0 Å². The van der Waals surface area contributed by atoms with Crippen LogP contribution in [0.15, 0.2) is 12.1 Å². The lowest BCUT2D eigenvalue weighted by atomic mass is 10.2. The molecule has 0 fully saturated rings. The van der Waals surface area contributed by atoms with E-state index in [0.717, 1.165) is 0 Å². The predicted molar refractivity (Wildman–Crippen MR) is 63.8 cm³/mol. The summed E-state index contributed by atoms with van der Waals surface area (Å²) in [5, 5.41) is 9.73. The number of rotatable bonds is 2. The van der Waals surface area contributed by atoms with E-state index in [2.05, 4.69) is 0 Å². The van der Waals surface area contributed by atoms with Gasteiger partial charge in [-0.15, -0.1) is 0 Å². The maximum absolute atomic E-state index is 8.79. The molecule has 6 nitrogen and oxygen atoms in total. The Kier molecular flexibility index (Phi) is 3.67. The Hall–Kier alpha value is -2.55. The molecule has 0 aliphatic heterocycles. The van der Waals surface area contributed by atoms with Crippen LogP contribution in [-0.4, -0.2) is 14.2 Å². The second-order valence-corrected chi connectivity index (χ2v) is 3.23. The molecule has 0 saturated heterocycles. The molecule has 0 spiro atoms. The second kappa shape index (κ2) is 4.99. The molecule has 1 aromatic carbocycles. The van der Waals surface area contributed by atoms with Gasteiger partial charge < -0.3 is 26.7 Å². The van der Waals surface area contributed by atoms with Crippen LogP contribution in [-0.2, 0) is 0 Å². The third kappa shape index (κ3) is 2.34. The van der Waals surface area contributed by atoms with E-state index in [4.69, 9.17) is 31.9 Å². The molecule has 0 aliphatic carbocycles. The quantitative estimate of drug-likeness (QED) is 0.559. The molecular formula is C11H14N4O2. The first-order valence-corrected chi connectivity index (χ1v) is 4.72.